The average Bonchev–Trinajstić information content (AvgIpc) is 2.62. The van der Waals surface area contributed by atoms with Gasteiger partial charge in [0, 0.05) is 18.7 Å². The molecule has 126 valence electrons. The second kappa shape index (κ2) is 6.49. The summed E-state index contributed by atoms with van der Waals surface area (Å²) in [7, 11) is 0. The third kappa shape index (κ3) is 3.14. The van der Waals surface area contributed by atoms with E-state index in [1.807, 2.05) is 30.6 Å². The molecule has 2 aliphatic rings. The van der Waals surface area contributed by atoms with Gasteiger partial charge < -0.3 is 14.4 Å². The van der Waals surface area contributed by atoms with E-state index in [4.69, 9.17) is 14.5 Å². The van der Waals surface area contributed by atoms with Gasteiger partial charge in [0.15, 0.2) is 0 Å². The second-order valence-electron chi connectivity index (χ2n) is 6.78. The van der Waals surface area contributed by atoms with E-state index in [-0.39, 0.29) is 11.7 Å². The molecule has 0 unspecified atom stereocenters. The number of nitrogens with zero attached hydrogens (tertiary/aromatic N) is 3. The maximum absolute atomic E-state index is 6.27. The average molecular weight is 325 g/mol. The normalized spacial score (nSPS) is 27.4. The van der Waals surface area contributed by atoms with Crippen LogP contribution < -0.4 is 4.90 Å². The van der Waals surface area contributed by atoms with Crippen molar-refractivity contribution in [3.63, 3.8) is 0 Å². The summed E-state index contributed by atoms with van der Waals surface area (Å²) in [5, 5.41) is 0. The molecule has 1 aromatic heterocycles. The molecule has 4 rings (SSSR count). The van der Waals surface area contributed by atoms with Crippen molar-refractivity contribution >= 4 is 5.82 Å². The lowest BCUT2D eigenvalue weighted by atomic mass is 9.93. The molecule has 1 spiro atoms. The fourth-order valence-corrected chi connectivity index (χ4v) is 3.70. The number of morpholine rings is 1. The number of aromatic nitrogens is 2. The van der Waals surface area contributed by atoms with Gasteiger partial charge in [0.2, 0.25) is 0 Å². The topological polar surface area (TPSA) is 47.5 Å². The maximum atomic E-state index is 6.27. The minimum atomic E-state index is -0.208. The standard InChI is InChI=1S/C19H23N3O2/c1-15-12-22(13-19(24-15)8-5-9-23-14-19)18-11-20-10-17(21-18)16-6-3-2-4-7-16/h2-4,6-7,10-11,15H,5,8-9,12-14H2,1H3/t15-,19-/m0/s1. The third-order valence-electron chi connectivity index (χ3n) is 4.71. The van der Waals surface area contributed by atoms with Crippen LogP contribution in [0.15, 0.2) is 42.7 Å². The highest BCUT2D eigenvalue weighted by molar-refractivity contribution is 5.60. The van der Waals surface area contributed by atoms with E-state index in [0.717, 1.165) is 49.6 Å². The largest absolute Gasteiger partial charge is 0.378 e. The van der Waals surface area contributed by atoms with E-state index in [1.165, 1.54) is 0 Å². The number of rotatable bonds is 2. The molecule has 0 saturated carbocycles. The summed E-state index contributed by atoms with van der Waals surface area (Å²) in [6.07, 6.45) is 5.92. The zero-order valence-corrected chi connectivity index (χ0v) is 14.0. The SMILES string of the molecule is C[C@H]1CN(c2cncc(-c3ccccc3)n2)C[C@]2(CCCOC2)O1. The molecular formula is C19H23N3O2. The van der Waals surface area contributed by atoms with Gasteiger partial charge in [0.05, 0.1) is 37.3 Å². The number of hydrogen-bond acceptors (Lipinski definition) is 5. The van der Waals surface area contributed by atoms with Crippen molar-refractivity contribution in [1.29, 1.82) is 0 Å². The van der Waals surface area contributed by atoms with Crippen molar-refractivity contribution in [1.82, 2.24) is 9.97 Å². The lowest BCUT2D eigenvalue weighted by Gasteiger charge is -2.47. The number of benzene rings is 1. The van der Waals surface area contributed by atoms with Gasteiger partial charge in [-0.1, -0.05) is 30.3 Å². The lowest BCUT2D eigenvalue weighted by Crippen LogP contribution is -2.58. The minimum Gasteiger partial charge on any atom is -0.378 e. The van der Waals surface area contributed by atoms with Crippen LogP contribution in [0.3, 0.4) is 0 Å². The van der Waals surface area contributed by atoms with Crippen molar-refractivity contribution in [2.24, 2.45) is 0 Å². The van der Waals surface area contributed by atoms with Gasteiger partial charge in [-0.3, -0.25) is 4.98 Å². The number of hydrogen-bond donors (Lipinski definition) is 0. The van der Waals surface area contributed by atoms with E-state index in [9.17, 15) is 0 Å². The van der Waals surface area contributed by atoms with Crippen LogP contribution in [0.2, 0.25) is 0 Å². The molecule has 2 aliphatic heterocycles. The fourth-order valence-electron chi connectivity index (χ4n) is 3.70. The summed E-state index contributed by atoms with van der Waals surface area (Å²) in [6.45, 7) is 5.26. The molecule has 0 aliphatic carbocycles. The Morgan fingerprint density at radius 3 is 2.88 bits per heavy atom. The Bertz CT molecular complexity index is 686. The Hall–Kier alpha value is -1.98. The highest BCUT2D eigenvalue weighted by Gasteiger charge is 2.41. The Kier molecular flexibility index (Phi) is 4.21. The van der Waals surface area contributed by atoms with Crippen molar-refractivity contribution in [3.05, 3.63) is 42.7 Å². The predicted octanol–water partition coefficient (Wildman–Crippen LogP) is 2.92. The first-order chi connectivity index (χ1) is 11.7. The van der Waals surface area contributed by atoms with Crippen LogP contribution in [0, 0.1) is 0 Å². The van der Waals surface area contributed by atoms with E-state index in [0.29, 0.717) is 6.61 Å². The molecule has 0 radical (unpaired) electrons. The second-order valence-corrected chi connectivity index (χ2v) is 6.78. The molecule has 5 nitrogen and oxygen atoms in total. The molecular weight excluding hydrogens is 302 g/mol. The van der Waals surface area contributed by atoms with E-state index in [1.54, 1.807) is 0 Å². The van der Waals surface area contributed by atoms with Crippen molar-refractivity contribution in [2.45, 2.75) is 31.5 Å². The summed E-state index contributed by atoms with van der Waals surface area (Å²) in [5.41, 5.74) is 1.78. The quantitative estimate of drug-likeness (QED) is 0.849. The molecule has 5 heteroatoms. The zero-order chi connectivity index (χ0) is 16.4. The first kappa shape index (κ1) is 15.5. The molecule has 2 atom stereocenters. The lowest BCUT2D eigenvalue weighted by molar-refractivity contribution is -0.160. The molecule has 0 amide bonds. The van der Waals surface area contributed by atoms with Gasteiger partial charge in [0.25, 0.3) is 0 Å². The van der Waals surface area contributed by atoms with E-state index < -0.39 is 0 Å². The minimum absolute atomic E-state index is 0.155. The molecule has 2 saturated heterocycles. The molecule has 24 heavy (non-hydrogen) atoms. The highest BCUT2D eigenvalue weighted by Crippen LogP contribution is 2.32. The Labute approximate surface area is 142 Å². The Morgan fingerprint density at radius 2 is 2.08 bits per heavy atom. The smallest absolute Gasteiger partial charge is 0.148 e. The first-order valence-electron chi connectivity index (χ1n) is 8.62. The van der Waals surface area contributed by atoms with Crippen LogP contribution in [0.1, 0.15) is 19.8 Å². The van der Waals surface area contributed by atoms with Crippen LogP contribution in [-0.4, -0.2) is 48.0 Å². The van der Waals surface area contributed by atoms with Crippen LogP contribution in [0.4, 0.5) is 5.82 Å². The zero-order valence-electron chi connectivity index (χ0n) is 14.0. The van der Waals surface area contributed by atoms with Gasteiger partial charge in [0.1, 0.15) is 11.4 Å². The van der Waals surface area contributed by atoms with E-state index >= 15 is 0 Å². The van der Waals surface area contributed by atoms with E-state index in [2.05, 4.69) is 28.9 Å². The first-order valence-corrected chi connectivity index (χ1v) is 8.62. The maximum Gasteiger partial charge on any atom is 0.148 e. The Balaban J connectivity index is 1.61. The molecule has 1 aromatic carbocycles. The van der Waals surface area contributed by atoms with Crippen molar-refractivity contribution in [3.8, 4) is 11.3 Å². The van der Waals surface area contributed by atoms with Gasteiger partial charge in [-0.25, -0.2) is 4.98 Å². The molecule has 0 N–H and O–H groups in total. The van der Waals surface area contributed by atoms with Crippen LogP contribution in [0.5, 0.6) is 0 Å². The summed E-state index contributed by atoms with van der Waals surface area (Å²) in [6, 6.07) is 10.2. The molecule has 0 bridgehead atoms. The summed E-state index contributed by atoms with van der Waals surface area (Å²) >= 11 is 0. The highest BCUT2D eigenvalue weighted by atomic mass is 16.6. The van der Waals surface area contributed by atoms with Gasteiger partial charge in [-0.2, -0.15) is 0 Å². The third-order valence-corrected chi connectivity index (χ3v) is 4.71. The number of anilines is 1. The summed E-state index contributed by atoms with van der Waals surface area (Å²) in [4.78, 5) is 11.6. The van der Waals surface area contributed by atoms with Crippen LogP contribution >= 0.6 is 0 Å². The van der Waals surface area contributed by atoms with Gasteiger partial charge in [-0.15, -0.1) is 0 Å². The molecule has 3 heterocycles. The molecule has 2 aromatic rings. The Morgan fingerprint density at radius 1 is 1.21 bits per heavy atom. The van der Waals surface area contributed by atoms with Gasteiger partial charge >= 0.3 is 0 Å². The summed E-state index contributed by atoms with van der Waals surface area (Å²) in [5.74, 6) is 0.913. The molecule has 2 fully saturated rings. The number of ether oxygens (including phenoxy) is 2. The van der Waals surface area contributed by atoms with Crippen LogP contribution in [-0.2, 0) is 9.47 Å². The summed E-state index contributed by atoms with van der Waals surface area (Å²) < 4.78 is 12.0. The van der Waals surface area contributed by atoms with Crippen molar-refractivity contribution in [2.75, 3.05) is 31.2 Å². The van der Waals surface area contributed by atoms with Crippen molar-refractivity contribution < 1.29 is 9.47 Å². The van der Waals surface area contributed by atoms with Crippen LogP contribution in [0.25, 0.3) is 11.3 Å². The predicted molar refractivity (Wildman–Crippen MR) is 93.0 cm³/mol. The van der Waals surface area contributed by atoms with Gasteiger partial charge in [-0.05, 0) is 19.8 Å². The fraction of sp³-hybridized carbons (Fsp3) is 0.474. The monoisotopic (exact) mass is 325 g/mol.